The SMILES string of the molecule is CC[C@]1(C)Cc2c(sc3nc(SC)n4c(SCc5ccc([N+](=O)[O-])cc5)nnc4c23)CO1. The third-order valence-electron chi connectivity index (χ3n) is 5.87. The first-order valence-corrected chi connectivity index (χ1v) is 13.2. The zero-order chi connectivity index (χ0) is 22.5. The maximum Gasteiger partial charge on any atom is 0.269 e. The van der Waals surface area contributed by atoms with Crippen molar-refractivity contribution in [2.45, 2.75) is 55.0 Å². The number of hydrogen-bond donors (Lipinski definition) is 0. The number of non-ortho nitro benzene ring substituents is 1. The van der Waals surface area contributed by atoms with E-state index in [0.717, 1.165) is 44.6 Å². The molecule has 0 saturated heterocycles. The summed E-state index contributed by atoms with van der Waals surface area (Å²) < 4.78 is 8.18. The molecule has 0 N–H and O–H groups in total. The van der Waals surface area contributed by atoms with E-state index < -0.39 is 0 Å². The van der Waals surface area contributed by atoms with Gasteiger partial charge in [0.1, 0.15) is 4.83 Å². The Bertz CT molecular complexity index is 1330. The Morgan fingerprint density at radius 3 is 2.75 bits per heavy atom. The Labute approximate surface area is 196 Å². The molecule has 11 heteroatoms. The van der Waals surface area contributed by atoms with E-state index >= 15 is 0 Å². The minimum Gasteiger partial charge on any atom is -0.369 e. The maximum absolute atomic E-state index is 10.9. The first kappa shape index (κ1) is 21.6. The largest absolute Gasteiger partial charge is 0.369 e. The number of rotatable bonds is 6. The quantitative estimate of drug-likeness (QED) is 0.152. The maximum atomic E-state index is 10.9. The molecule has 0 spiro atoms. The van der Waals surface area contributed by atoms with Crippen LogP contribution in [0.15, 0.2) is 34.6 Å². The molecule has 5 rings (SSSR count). The van der Waals surface area contributed by atoms with Gasteiger partial charge in [0.05, 0.1) is 22.5 Å². The van der Waals surface area contributed by atoms with Crippen molar-refractivity contribution in [2.24, 2.45) is 0 Å². The Hall–Kier alpha value is -2.21. The van der Waals surface area contributed by atoms with Crippen LogP contribution >= 0.6 is 34.9 Å². The van der Waals surface area contributed by atoms with E-state index in [-0.39, 0.29) is 16.2 Å². The highest BCUT2D eigenvalue weighted by Crippen LogP contribution is 2.42. The molecule has 32 heavy (non-hydrogen) atoms. The molecule has 0 aliphatic carbocycles. The Kier molecular flexibility index (Phi) is 5.60. The van der Waals surface area contributed by atoms with E-state index in [0.29, 0.717) is 12.4 Å². The summed E-state index contributed by atoms with van der Waals surface area (Å²) in [7, 11) is 0. The molecule has 1 aliphatic rings. The van der Waals surface area contributed by atoms with Gasteiger partial charge in [-0.15, -0.1) is 21.5 Å². The molecule has 1 aliphatic heterocycles. The van der Waals surface area contributed by atoms with Crippen LogP contribution < -0.4 is 0 Å². The number of nitrogens with zero attached hydrogens (tertiary/aromatic N) is 5. The summed E-state index contributed by atoms with van der Waals surface area (Å²) in [5.41, 5.74) is 3.02. The van der Waals surface area contributed by atoms with E-state index in [9.17, 15) is 10.1 Å². The average Bonchev–Trinajstić information content (AvgIpc) is 3.38. The van der Waals surface area contributed by atoms with Crippen molar-refractivity contribution >= 4 is 56.4 Å². The third kappa shape index (κ3) is 3.66. The molecule has 4 aromatic rings. The number of thiophene rings is 1. The Balaban J connectivity index is 1.54. The molecular weight excluding hydrogens is 466 g/mol. The van der Waals surface area contributed by atoms with Gasteiger partial charge in [0.25, 0.3) is 5.69 Å². The highest BCUT2D eigenvalue weighted by molar-refractivity contribution is 7.99. The zero-order valence-electron chi connectivity index (χ0n) is 17.8. The lowest BCUT2D eigenvalue weighted by Gasteiger charge is -2.32. The summed E-state index contributed by atoms with van der Waals surface area (Å²) in [6.07, 6.45) is 3.79. The number of ether oxygens (including phenoxy) is 1. The molecule has 8 nitrogen and oxygen atoms in total. The van der Waals surface area contributed by atoms with E-state index in [1.165, 1.54) is 22.6 Å². The molecule has 0 saturated carbocycles. The number of aromatic nitrogens is 4. The second kappa shape index (κ2) is 8.29. The van der Waals surface area contributed by atoms with Crippen molar-refractivity contribution in [3.63, 3.8) is 0 Å². The second-order valence-corrected chi connectivity index (χ2v) is 10.7. The van der Waals surface area contributed by atoms with Crippen molar-refractivity contribution in [3.8, 4) is 0 Å². The lowest BCUT2D eigenvalue weighted by Crippen LogP contribution is -2.33. The average molecular weight is 488 g/mol. The second-order valence-electron chi connectivity index (χ2n) is 7.91. The minimum absolute atomic E-state index is 0.0910. The molecule has 0 unspecified atom stereocenters. The molecule has 3 aromatic heterocycles. The fraction of sp³-hybridized carbons (Fsp3) is 0.381. The van der Waals surface area contributed by atoms with Crippen molar-refractivity contribution in [1.29, 1.82) is 0 Å². The molecule has 4 heterocycles. The summed E-state index contributed by atoms with van der Waals surface area (Å²) in [5, 5.41) is 22.6. The smallest absolute Gasteiger partial charge is 0.269 e. The predicted octanol–water partition coefficient (Wildman–Crippen LogP) is 5.50. The number of hydrogen-bond acceptors (Lipinski definition) is 9. The molecule has 1 atom stereocenters. The van der Waals surface area contributed by atoms with Gasteiger partial charge >= 0.3 is 0 Å². The van der Waals surface area contributed by atoms with Gasteiger partial charge in [0.2, 0.25) is 0 Å². The highest BCUT2D eigenvalue weighted by atomic mass is 32.2. The van der Waals surface area contributed by atoms with Crippen LogP contribution in [0, 0.1) is 10.1 Å². The first-order chi connectivity index (χ1) is 15.4. The van der Waals surface area contributed by atoms with Crippen LogP contribution in [-0.2, 0) is 23.5 Å². The van der Waals surface area contributed by atoms with E-state index in [1.54, 1.807) is 47.0 Å². The van der Waals surface area contributed by atoms with Crippen molar-refractivity contribution < 1.29 is 9.66 Å². The minimum atomic E-state index is -0.388. The normalized spacial score (nSPS) is 18.3. The summed E-state index contributed by atoms with van der Waals surface area (Å²) in [6, 6.07) is 6.61. The Morgan fingerprint density at radius 1 is 1.28 bits per heavy atom. The van der Waals surface area contributed by atoms with E-state index in [2.05, 4.69) is 24.0 Å². The highest BCUT2D eigenvalue weighted by Gasteiger charge is 2.33. The van der Waals surface area contributed by atoms with Crippen LogP contribution in [0.2, 0.25) is 0 Å². The van der Waals surface area contributed by atoms with E-state index in [1.807, 2.05) is 10.7 Å². The number of benzene rings is 1. The molecule has 0 amide bonds. The van der Waals surface area contributed by atoms with Crippen LogP contribution in [0.5, 0.6) is 0 Å². The van der Waals surface area contributed by atoms with Crippen LogP contribution in [0.3, 0.4) is 0 Å². The van der Waals surface area contributed by atoms with Crippen LogP contribution in [0.25, 0.3) is 15.9 Å². The van der Waals surface area contributed by atoms with Gasteiger partial charge in [-0.05, 0) is 30.7 Å². The van der Waals surface area contributed by atoms with Gasteiger partial charge in [0.15, 0.2) is 16.0 Å². The standard InChI is InChI=1S/C21H21N5O3S3/c1-4-21(2)9-14-15(10-29-21)32-18-16(14)17-23-24-20(25(17)19(22-18)30-3)31-11-12-5-7-13(8-6-12)26(27)28/h5-8H,4,9-11H2,1-3H3/t21-/m1/s1. The fourth-order valence-corrected chi connectivity index (χ4v) is 6.48. The van der Waals surface area contributed by atoms with Gasteiger partial charge in [-0.2, -0.15) is 0 Å². The van der Waals surface area contributed by atoms with E-state index in [4.69, 9.17) is 9.72 Å². The van der Waals surface area contributed by atoms with Crippen molar-refractivity contribution in [2.75, 3.05) is 6.26 Å². The van der Waals surface area contributed by atoms with Crippen LogP contribution in [-0.4, -0.2) is 36.4 Å². The number of fused-ring (bicyclic) bond motifs is 5. The summed E-state index contributed by atoms with van der Waals surface area (Å²) in [5.74, 6) is 0.633. The first-order valence-electron chi connectivity index (χ1n) is 10.2. The van der Waals surface area contributed by atoms with Gasteiger partial charge in [-0.3, -0.25) is 10.1 Å². The van der Waals surface area contributed by atoms with Gasteiger partial charge in [-0.25, -0.2) is 9.38 Å². The monoisotopic (exact) mass is 487 g/mol. The molecule has 0 fully saturated rings. The molecular formula is C21H21N5O3S3. The van der Waals surface area contributed by atoms with Gasteiger partial charge < -0.3 is 4.74 Å². The fourth-order valence-electron chi connectivity index (χ4n) is 3.84. The number of thioether (sulfide) groups is 2. The molecule has 1 aromatic carbocycles. The predicted molar refractivity (Wildman–Crippen MR) is 128 cm³/mol. The number of nitro groups is 1. The number of nitro benzene ring substituents is 1. The van der Waals surface area contributed by atoms with Crippen molar-refractivity contribution in [3.05, 3.63) is 50.4 Å². The lowest BCUT2D eigenvalue weighted by atomic mass is 9.90. The summed E-state index contributed by atoms with van der Waals surface area (Å²) in [6.45, 7) is 4.93. The molecule has 0 bridgehead atoms. The lowest BCUT2D eigenvalue weighted by molar-refractivity contribution is -0.384. The van der Waals surface area contributed by atoms with Crippen LogP contribution in [0.1, 0.15) is 36.3 Å². The molecule has 0 radical (unpaired) electrons. The topological polar surface area (TPSA) is 95.5 Å². The summed E-state index contributed by atoms with van der Waals surface area (Å²) in [4.78, 5) is 17.6. The third-order valence-corrected chi connectivity index (χ3v) is 8.60. The summed E-state index contributed by atoms with van der Waals surface area (Å²) >= 11 is 4.81. The van der Waals surface area contributed by atoms with Gasteiger partial charge in [0, 0.05) is 29.2 Å². The zero-order valence-corrected chi connectivity index (χ0v) is 20.3. The Morgan fingerprint density at radius 2 is 2.06 bits per heavy atom. The van der Waals surface area contributed by atoms with Crippen molar-refractivity contribution in [1.82, 2.24) is 19.6 Å². The van der Waals surface area contributed by atoms with Crippen LogP contribution in [0.4, 0.5) is 5.69 Å². The molecule has 166 valence electrons. The van der Waals surface area contributed by atoms with Gasteiger partial charge in [-0.1, -0.05) is 42.6 Å².